The highest BCUT2D eigenvalue weighted by Gasteiger charge is 2.34. The average molecular weight is 345 g/mol. The van der Waals surface area contributed by atoms with Gasteiger partial charge in [0.05, 0.1) is 0 Å². The number of nitrogens with one attached hydrogen (secondary N) is 1. The van der Waals surface area contributed by atoms with Gasteiger partial charge < -0.3 is 9.80 Å². The van der Waals surface area contributed by atoms with Crippen LogP contribution in [0.3, 0.4) is 0 Å². The highest BCUT2D eigenvalue weighted by Crippen LogP contribution is 2.22. The normalized spacial score (nSPS) is 17.9. The van der Waals surface area contributed by atoms with Crippen LogP contribution in [-0.2, 0) is 4.79 Å². The zero-order chi connectivity index (χ0) is 17.1. The minimum atomic E-state index is -0.426. The lowest BCUT2D eigenvalue weighted by atomic mass is 10.1. The van der Waals surface area contributed by atoms with Crippen molar-refractivity contribution in [1.82, 2.24) is 19.2 Å². The van der Waals surface area contributed by atoms with E-state index in [9.17, 15) is 9.59 Å². The maximum Gasteiger partial charge on any atom is 0.324 e. The summed E-state index contributed by atoms with van der Waals surface area (Å²) in [5, 5.41) is 3.19. The maximum absolute atomic E-state index is 12.5. The van der Waals surface area contributed by atoms with E-state index >= 15 is 0 Å². The number of amides is 3. The first-order valence-corrected chi connectivity index (χ1v) is 8.59. The third kappa shape index (κ3) is 3.23. The minimum Gasteiger partial charge on any atom is -0.342 e. The zero-order valence-electron chi connectivity index (χ0n) is 13.6. The first kappa shape index (κ1) is 16.4. The third-order valence-electron chi connectivity index (χ3n) is 4.03. The highest BCUT2D eigenvalue weighted by molar-refractivity contribution is 7.10. The molecule has 1 saturated heterocycles. The van der Waals surface area contributed by atoms with E-state index in [1.807, 2.05) is 37.3 Å². The van der Waals surface area contributed by atoms with Gasteiger partial charge in [-0.1, -0.05) is 37.3 Å². The van der Waals surface area contributed by atoms with Crippen molar-refractivity contribution in [3.05, 3.63) is 30.3 Å². The SMILES string of the molecule is CCC1C(=O)N(C)CCN1C(=O)Nc1nc(-c2ccccc2)ns1. The summed E-state index contributed by atoms with van der Waals surface area (Å²) in [7, 11) is 1.76. The summed E-state index contributed by atoms with van der Waals surface area (Å²) >= 11 is 1.13. The number of hydrogen-bond donors (Lipinski definition) is 1. The van der Waals surface area contributed by atoms with Crippen LogP contribution in [0.15, 0.2) is 30.3 Å². The van der Waals surface area contributed by atoms with Crippen molar-refractivity contribution in [2.24, 2.45) is 0 Å². The fourth-order valence-corrected chi connectivity index (χ4v) is 3.27. The van der Waals surface area contributed by atoms with Crippen LogP contribution in [-0.4, -0.2) is 57.3 Å². The van der Waals surface area contributed by atoms with Crippen molar-refractivity contribution in [3.63, 3.8) is 0 Å². The molecule has 0 saturated carbocycles. The molecule has 1 aliphatic rings. The number of nitrogens with zero attached hydrogens (tertiary/aromatic N) is 4. The predicted molar refractivity (Wildman–Crippen MR) is 92.8 cm³/mol. The molecule has 0 spiro atoms. The van der Waals surface area contributed by atoms with Gasteiger partial charge in [0, 0.05) is 37.2 Å². The summed E-state index contributed by atoms with van der Waals surface area (Å²) in [6.07, 6.45) is 0.585. The van der Waals surface area contributed by atoms with Crippen molar-refractivity contribution in [2.75, 3.05) is 25.5 Å². The van der Waals surface area contributed by atoms with Crippen LogP contribution in [0.25, 0.3) is 11.4 Å². The molecule has 3 amide bonds. The molecule has 1 N–H and O–H groups in total. The molecular formula is C16H19N5O2S. The van der Waals surface area contributed by atoms with Gasteiger partial charge >= 0.3 is 6.03 Å². The van der Waals surface area contributed by atoms with E-state index in [1.165, 1.54) is 0 Å². The molecule has 24 heavy (non-hydrogen) atoms. The van der Waals surface area contributed by atoms with Gasteiger partial charge in [-0.15, -0.1) is 0 Å². The Labute approximate surface area is 144 Å². The van der Waals surface area contributed by atoms with Gasteiger partial charge in [-0.2, -0.15) is 9.36 Å². The molecule has 7 nitrogen and oxygen atoms in total. The molecule has 1 atom stereocenters. The lowest BCUT2D eigenvalue weighted by Crippen LogP contribution is -2.58. The summed E-state index contributed by atoms with van der Waals surface area (Å²) in [6, 6.07) is 8.85. The Kier molecular flexibility index (Phi) is 4.75. The summed E-state index contributed by atoms with van der Waals surface area (Å²) in [5.74, 6) is 0.554. The number of benzene rings is 1. The molecule has 0 radical (unpaired) electrons. The molecule has 1 aliphatic heterocycles. The summed E-state index contributed by atoms with van der Waals surface area (Å²) in [5.41, 5.74) is 0.899. The first-order chi connectivity index (χ1) is 11.6. The van der Waals surface area contributed by atoms with Crippen LogP contribution in [0.5, 0.6) is 0 Å². The number of piperazine rings is 1. The van der Waals surface area contributed by atoms with E-state index < -0.39 is 6.04 Å². The van der Waals surface area contributed by atoms with Crippen LogP contribution in [0, 0.1) is 0 Å². The minimum absolute atomic E-state index is 0.0267. The van der Waals surface area contributed by atoms with E-state index in [2.05, 4.69) is 14.7 Å². The van der Waals surface area contributed by atoms with Gasteiger partial charge in [0.1, 0.15) is 6.04 Å². The van der Waals surface area contributed by atoms with Gasteiger partial charge in [-0.05, 0) is 6.42 Å². The van der Waals surface area contributed by atoms with Gasteiger partial charge in [-0.25, -0.2) is 4.79 Å². The van der Waals surface area contributed by atoms with Gasteiger partial charge in [0.25, 0.3) is 0 Å². The quantitative estimate of drug-likeness (QED) is 0.926. The molecule has 1 aromatic heterocycles. The standard InChI is InChI=1S/C16H19N5O2S/c1-3-12-14(22)20(2)9-10-21(12)16(23)18-15-17-13(19-24-15)11-7-5-4-6-8-11/h4-8,12H,3,9-10H2,1-2H3,(H,17,18,19,23). The van der Waals surface area contributed by atoms with Crippen LogP contribution in [0.1, 0.15) is 13.3 Å². The summed E-state index contributed by atoms with van der Waals surface area (Å²) in [4.78, 5) is 32.3. The molecule has 126 valence electrons. The monoisotopic (exact) mass is 345 g/mol. The molecule has 3 rings (SSSR count). The molecule has 2 heterocycles. The Bertz CT molecular complexity index is 733. The molecule has 1 unspecified atom stereocenters. The molecule has 1 aromatic carbocycles. The van der Waals surface area contributed by atoms with Crippen molar-refractivity contribution in [1.29, 1.82) is 0 Å². The molecule has 1 fully saturated rings. The first-order valence-electron chi connectivity index (χ1n) is 7.82. The third-order valence-corrected chi connectivity index (χ3v) is 4.66. The molecule has 0 aliphatic carbocycles. The number of aromatic nitrogens is 2. The number of carbonyl (C=O) groups excluding carboxylic acids is 2. The van der Waals surface area contributed by atoms with Crippen LogP contribution in [0.2, 0.25) is 0 Å². The van der Waals surface area contributed by atoms with Crippen LogP contribution < -0.4 is 5.32 Å². The van der Waals surface area contributed by atoms with Crippen molar-refractivity contribution in [3.8, 4) is 11.4 Å². The number of rotatable bonds is 3. The number of likely N-dealkylation sites (N-methyl/N-ethyl adjacent to an activating group) is 1. The number of hydrogen-bond acceptors (Lipinski definition) is 5. The lowest BCUT2D eigenvalue weighted by molar-refractivity contribution is -0.138. The van der Waals surface area contributed by atoms with Gasteiger partial charge in [0.2, 0.25) is 11.0 Å². The smallest absolute Gasteiger partial charge is 0.324 e. The van der Waals surface area contributed by atoms with Crippen LogP contribution in [0.4, 0.5) is 9.93 Å². The molecule has 8 heteroatoms. The second-order valence-corrected chi connectivity index (χ2v) is 6.35. The fraction of sp³-hybridized carbons (Fsp3) is 0.375. The Morgan fingerprint density at radius 1 is 1.33 bits per heavy atom. The van der Waals surface area contributed by atoms with Gasteiger partial charge in [-0.3, -0.25) is 10.1 Å². The van der Waals surface area contributed by atoms with Gasteiger partial charge in [0.15, 0.2) is 5.82 Å². The molecule has 0 bridgehead atoms. The second kappa shape index (κ2) is 6.96. The zero-order valence-corrected chi connectivity index (χ0v) is 14.4. The summed E-state index contributed by atoms with van der Waals surface area (Å²) in [6.45, 7) is 2.95. The molecule has 2 aromatic rings. The summed E-state index contributed by atoms with van der Waals surface area (Å²) < 4.78 is 4.27. The van der Waals surface area contributed by atoms with Crippen molar-refractivity contribution >= 4 is 28.6 Å². The maximum atomic E-state index is 12.5. The Balaban J connectivity index is 1.71. The fourth-order valence-electron chi connectivity index (χ4n) is 2.69. The Morgan fingerprint density at radius 2 is 2.08 bits per heavy atom. The topological polar surface area (TPSA) is 78.4 Å². The van der Waals surface area contributed by atoms with E-state index in [4.69, 9.17) is 0 Å². The second-order valence-electron chi connectivity index (χ2n) is 5.60. The average Bonchev–Trinajstić information content (AvgIpc) is 3.06. The Hall–Kier alpha value is -2.48. The van der Waals surface area contributed by atoms with E-state index in [1.54, 1.807) is 16.8 Å². The van der Waals surface area contributed by atoms with Crippen LogP contribution >= 0.6 is 11.5 Å². The van der Waals surface area contributed by atoms with E-state index in [0.29, 0.717) is 30.5 Å². The van der Waals surface area contributed by atoms with E-state index in [0.717, 1.165) is 17.1 Å². The van der Waals surface area contributed by atoms with E-state index in [-0.39, 0.29) is 11.9 Å². The number of urea groups is 1. The van der Waals surface area contributed by atoms with Crippen molar-refractivity contribution < 1.29 is 9.59 Å². The molecular weight excluding hydrogens is 326 g/mol. The predicted octanol–water partition coefficient (Wildman–Crippen LogP) is 2.29. The lowest BCUT2D eigenvalue weighted by Gasteiger charge is -2.38. The van der Waals surface area contributed by atoms with Crippen molar-refractivity contribution in [2.45, 2.75) is 19.4 Å². The Morgan fingerprint density at radius 3 is 2.79 bits per heavy atom. The highest BCUT2D eigenvalue weighted by atomic mass is 32.1. The number of anilines is 1. The number of carbonyl (C=O) groups is 2. The largest absolute Gasteiger partial charge is 0.342 e.